The number of likely N-dealkylation sites (N-methyl/N-ethyl adjacent to an activating group) is 1. The monoisotopic (exact) mass is 618 g/mol. The summed E-state index contributed by atoms with van der Waals surface area (Å²) >= 11 is 18.7. The summed E-state index contributed by atoms with van der Waals surface area (Å²) in [5.74, 6) is -0.644. The maximum absolute atomic E-state index is 15.0. The van der Waals surface area contributed by atoms with Crippen LogP contribution >= 0.6 is 34.8 Å². The molecule has 4 rings (SSSR count). The van der Waals surface area contributed by atoms with Gasteiger partial charge in [-0.15, -0.1) is 0 Å². The van der Waals surface area contributed by atoms with Crippen LogP contribution in [0.5, 0.6) is 5.75 Å². The number of carboxylic acid groups (broad SMARTS) is 1. The molecule has 3 aromatic rings. The van der Waals surface area contributed by atoms with Gasteiger partial charge in [-0.25, -0.2) is 22.8 Å². The van der Waals surface area contributed by atoms with Crippen LogP contribution in [-0.2, 0) is 14.8 Å². The zero-order valence-corrected chi connectivity index (χ0v) is 24.0. The average molecular weight is 620 g/mol. The lowest BCUT2D eigenvalue weighted by atomic mass is 9.79. The first-order valence-electron chi connectivity index (χ1n) is 11.6. The molecule has 0 unspecified atom stereocenters. The number of sulfonamides is 1. The van der Waals surface area contributed by atoms with Crippen molar-refractivity contribution in [3.05, 3.63) is 75.4 Å². The molecule has 3 atom stereocenters. The number of halogens is 4. The number of hydrogen-bond acceptors (Lipinski definition) is 7. The highest BCUT2D eigenvalue weighted by atomic mass is 35.5. The average Bonchev–Trinajstić information content (AvgIpc) is 2.88. The predicted octanol–water partition coefficient (Wildman–Crippen LogP) is 5.72. The van der Waals surface area contributed by atoms with E-state index in [1.54, 1.807) is 6.07 Å². The molecule has 1 saturated carbocycles. The fourth-order valence-electron chi connectivity index (χ4n) is 4.38. The van der Waals surface area contributed by atoms with E-state index in [4.69, 9.17) is 49.4 Å². The van der Waals surface area contributed by atoms with Gasteiger partial charge in [0.25, 0.3) is 16.5 Å². The van der Waals surface area contributed by atoms with E-state index in [2.05, 4.69) is 19.6 Å². The van der Waals surface area contributed by atoms with Gasteiger partial charge >= 0.3 is 0 Å². The van der Waals surface area contributed by atoms with Crippen LogP contribution < -0.4 is 9.46 Å². The van der Waals surface area contributed by atoms with Crippen molar-refractivity contribution >= 4 is 57.1 Å². The highest BCUT2D eigenvalue weighted by molar-refractivity contribution is 7.92. The molecule has 1 heterocycles. The molecule has 1 fully saturated rings. The highest BCUT2D eigenvalue weighted by Gasteiger charge is 2.35. The van der Waals surface area contributed by atoms with Gasteiger partial charge in [-0.2, -0.15) is 0 Å². The van der Waals surface area contributed by atoms with Crippen LogP contribution in [0.2, 0.25) is 15.1 Å². The second-order valence-corrected chi connectivity index (χ2v) is 11.8. The van der Waals surface area contributed by atoms with Crippen LogP contribution in [0.25, 0.3) is 0 Å². The molecule has 210 valence electrons. The third-order valence-corrected chi connectivity index (χ3v) is 8.61. The van der Waals surface area contributed by atoms with Gasteiger partial charge in [0.05, 0.1) is 15.1 Å². The number of benzene rings is 2. The molecule has 9 nitrogen and oxygen atoms in total. The van der Waals surface area contributed by atoms with E-state index < -0.39 is 20.7 Å². The number of nitrogens with zero attached hydrogens (tertiary/aromatic N) is 3. The summed E-state index contributed by atoms with van der Waals surface area (Å²) in [5, 5.41) is 7.90. The molecule has 0 amide bonds. The number of anilines is 1. The first-order valence-corrected chi connectivity index (χ1v) is 14.2. The molecular formula is C25H26Cl3FN4O5S. The molecule has 0 spiro atoms. The molecule has 39 heavy (non-hydrogen) atoms. The van der Waals surface area contributed by atoms with Crippen molar-refractivity contribution in [1.29, 1.82) is 0 Å². The zero-order chi connectivity index (χ0) is 28.7. The van der Waals surface area contributed by atoms with Crippen LogP contribution in [0.15, 0.2) is 53.8 Å². The Hall–Kier alpha value is -2.70. The van der Waals surface area contributed by atoms with Crippen LogP contribution in [-0.4, -0.2) is 61.1 Å². The molecule has 2 aromatic carbocycles. The Kier molecular flexibility index (Phi) is 10.7. The van der Waals surface area contributed by atoms with Crippen LogP contribution in [0.3, 0.4) is 0 Å². The van der Waals surface area contributed by atoms with Crippen molar-refractivity contribution < 1.29 is 27.4 Å². The van der Waals surface area contributed by atoms with Crippen LogP contribution in [0.4, 0.5) is 10.2 Å². The van der Waals surface area contributed by atoms with Crippen molar-refractivity contribution in [2.75, 3.05) is 18.8 Å². The lowest BCUT2D eigenvalue weighted by molar-refractivity contribution is -0.122. The molecule has 0 aliphatic heterocycles. The summed E-state index contributed by atoms with van der Waals surface area (Å²) in [4.78, 5) is 17.3. The largest absolute Gasteiger partial charge is 0.487 e. The first kappa shape index (κ1) is 30.8. The van der Waals surface area contributed by atoms with Gasteiger partial charge in [-0.1, -0.05) is 40.9 Å². The molecule has 14 heteroatoms. The predicted molar refractivity (Wildman–Crippen MR) is 148 cm³/mol. The van der Waals surface area contributed by atoms with Crippen molar-refractivity contribution in [3.63, 3.8) is 0 Å². The summed E-state index contributed by atoms with van der Waals surface area (Å²) in [5.41, 5.74) is 1.10. The fourth-order valence-corrected chi connectivity index (χ4v) is 6.06. The molecule has 1 aromatic heterocycles. The summed E-state index contributed by atoms with van der Waals surface area (Å²) in [7, 11) is -0.362. The third kappa shape index (κ3) is 7.92. The van der Waals surface area contributed by atoms with Crippen molar-refractivity contribution in [1.82, 2.24) is 14.9 Å². The van der Waals surface area contributed by atoms with Crippen molar-refractivity contribution in [3.8, 4) is 5.75 Å². The van der Waals surface area contributed by atoms with E-state index in [-0.39, 0.29) is 41.1 Å². The quantitative estimate of drug-likeness (QED) is 0.322. The minimum atomic E-state index is -4.27. The maximum Gasteiger partial charge on any atom is 0.290 e. The molecule has 0 saturated heterocycles. The van der Waals surface area contributed by atoms with Crippen molar-refractivity contribution in [2.45, 2.75) is 42.2 Å². The summed E-state index contributed by atoms with van der Waals surface area (Å²) in [6.45, 7) is -0.250. The number of nitrogens with one attached hydrogen (secondary N) is 1. The maximum atomic E-state index is 15.0. The number of ether oxygens (including phenoxy) is 1. The van der Waals surface area contributed by atoms with Gasteiger partial charge in [0.15, 0.2) is 0 Å². The standard InChI is InChI=1S/C24H24Cl3FN4O3S.CH2O2/c1-32(2)20-10-15(14-3-5-16(25)17(26)9-14)4-6-21(20)35-22-12-19(28)23(11-18(22)27)36(33,34)31-24-7-8-29-13-30-24;2-1-3/h3,5,7-9,11-13,15,20-21H,4,6,10H2,1-2H3,(H,29,30,31);1H,(H,2,3)/t15-,20-,21-;/m0./s1. The summed E-state index contributed by atoms with van der Waals surface area (Å²) < 4.78 is 48.7. The lowest BCUT2D eigenvalue weighted by Crippen LogP contribution is -2.46. The zero-order valence-electron chi connectivity index (χ0n) is 20.9. The number of rotatable bonds is 7. The second-order valence-electron chi connectivity index (χ2n) is 8.89. The Balaban J connectivity index is 0.00000134. The van der Waals surface area contributed by atoms with Crippen LogP contribution in [0, 0.1) is 5.82 Å². The Morgan fingerprint density at radius 2 is 1.82 bits per heavy atom. The van der Waals surface area contributed by atoms with Gasteiger partial charge in [-0.3, -0.25) is 9.52 Å². The molecule has 0 bridgehead atoms. The highest BCUT2D eigenvalue weighted by Crippen LogP contribution is 2.40. The fraction of sp³-hybridized carbons (Fsp3) is 0.320. The van der Waals surface area contributed by atoms with Gasteiger partial charge in [0.2, 0.25) is 0 Å². The lowest BCUT2D eigenvalue weighted by Gasteiger charge is -2.40. The number of hydrogen-bond donors (Lipinski definition) is 2. The Morgan fingerprint density at radius 1 is 1.10 bits per heavy atom. The van der Waals surface area contributed by atoms with Gasteiger partial charge < -0.3 is 14.7 Å². The molecule has 1 aliphatic rings. The summed E-state index contributed by atoms with van der Waals surface area (Å²) in [6.07, 6.45) is 4.55. The van der Waals surface area contributed by atoms with Gasteiger partial charge in [-0.05, 0) is 69.1 Å². The van der Waals surface area contributed by atoms with E-state index in [0.29, 0.717) is 16.5 Å². The third-order valence-electron chi connectivity index (χ3n) is 6.21. The smallest absolute Gasteiger partial charge is 0.290 e. The minimum absolute atomic E-state index is 0.000159. The molecule has 0 radical (unpaired) electrons. The van der Waals surface area contributed by atoms with Crippen LogP contribution in [0.1, 0.15) is 30.7 Å². The van der Waals surface area contributed by atoms with E-state index in [1.807, 2.05) is 26.2 Å². The van der Waals surface area contributed by atoms with E-state index >= 15 is 0 Å². The van der Waals surface area contributed by atoms with E-state index in [9.17, 15) is 12.8 Å². The number of carbonyl (C=O) groups is 1. The van der Waals surface area contributed by atoms with E-state index in [0.717, 1.165) is 30.5 Å². The van der Waals surface area contributed by atoms with Gasteiger partial charge in [0, 0.05) is 18.3 Å². The van der Waals surface area contributed by atoms with Crippen molar-refractivity contribution in [2.24, 2.45) is 0 Å². The normalized spacial score (nSPS) is 19.1. The number of aromatic nitrogens is 2. The Bertz CT molecular complexity index is 1400. The van der Waals surface area contributed by atoms with Gasteiger partial charge in [0.1, 0.15) is 34.7 Å². The van der Waals surface area contributed by atoms with E-state index in [1.165, 1.54) is 18.6 Å². The first-order chi connectivity index (χ1) is 18.5. The minimum Gasteiger partial charge on any atom is -0.487 e. The molecule has 2 N–H and O–H groups in total. The topological polar surface area (TPSA) is 122 Å². The second kappa shape index (κ2) is 13.6. The summed E-state index contributed by atoms with van der Waals surface area (Å²) in [6, 6.07) is 9.07. The Morgan fingerprint density at radius 3 is 2.44 bits per heavy atom. The molecular weight excluding hydrogens is 594 g/mol. The Labute approximate surface area is 240 Å². The molecule has 1 aliphatic carbocycles. The SMILES string of the molecule is CN(C)[C@H]1C[C@@H](c2ccc(Cl)c(Cl)c2)CC[C@@H]1Oc1cc(F)c(S(=O)(=O)Nc2ccncn2)cc1Cl.O=CO.